The molecular weight excluding hydrogens is 244 g/mol. The van der Waals surface area contributed by atoms with E-state index < -0.39 is 0 Å². The molecule has 18 heavy (non-hydrogen) atoms. The van der Waals surface area contributed by atoms with E-state index in [4.69, 9.17) is 4.42 Å². The zero-order chi connectivity index (χ0) is 12.8. The lowest BCUT2D eigenvalue weighted by Crippen LogP contribution is -2.22. The minimum Gasteiger partial charge on any atom is -0.469 e. The molecule has 0 fully saturated rings. The molecule has 0 saturated heterocycles. The summed E-state index contributed by atoms with van der Waals surface area (Å²) in [5.74, 6) is 1.08. The molecule has 0 radical (unpaired) electrons. The van der Waals surface area contributed by atoms with Gasteiger partial charge in [-0.25, -0.2) is 4.98 Å². The number of furan rings is 1. The summed E-state index contributed by atoms with van der Waals surface area (Å²) in [6, 6.07) is 3.99. The Morgan fingerprint density at radius 1 is 1.33 bits per heavy atom. The molecule has 0 spiro atoms. The van der Waals surface area contributed by atoms with Crippen LogP contribution >= 0.6 is 11.3 Å². The van der Waals surface area contributed by atoms with Crippen LogP contribution in [-0.2, 0) is 12.8 Å². The molecule has 0 aliphatic carbocycles. The number of aromatic nitrogens is 1. The van der Waals surface area contributed by atoms with Crippen LogP contribution < -0.4 is 0 Å². The van der Waals surface area contributed by atoms with Crippen LogP contribution in [0.4, 0.5) is 0 Å². The standard InChI is InChI=1S/C14H20N2OS/c1-12-14(18-11-15-12)7-9-16(2)8-3-5-13-6-4-10-17-13/h4,6,10-11H,3,5,7-9H2,1-2H3. The monoisotopic (exact) mass is 264 g/mol. The summed E-state index contributed by atoms with van der Waals surface area (Å²) in [6.07, 6.45) is 5.02. The van der Waals surface area contributed by atoms with Crippen LogP contribution in [0.3, 0.4) is 0 Å². The number of hydrogen-bond acceptors (Lipinski definition) is 4. The first-order valence-corrected chi connectivity index (χ1v) is 7.23. The Kier molecular flexibility index (Phi) is 4.96. The minimum absolute atomic E-state index is 1.02. The SMILES string of the molecule is Cc1ncsc1CCN(C)CCCc1ccco1. The summed E-state index contributed by atoms with van der Waals surface area (Å²) < 4.78 is 5.32. The maximum atomic E-state index is 5.32. The van der Waals surface area contributed by atoms with E-state index in [0.29, 0.717) is 0 Å². The second-order valence-corrected chi connectivity index (χ2v) is 5.54. The second kappa shape index (κ2) is 6.71. The highest BCUT2D eigenvalue weighted by Gasteiger charge is 2.04. The van der Waals surface area contributed by atoms with Crippen molar-refractivity contribution in [3.63, 3.8) is 0 Å². The van der Waals surface area contributed by atoms with Crippen LogP contribution in [0.5, 0.6) is 0 Å². The molecule has 98 valence electrons. The predicted octanol–water partition coefficient (Wildman–Crippen LogP) is 3.15. The highest BCUT2D eigenvalue weighted by molar-refractivity contribution is 7.09. The van der Waals surface area contributed by atoms with Crippen molar-refractivity contribution < 1.29 is 4.42 Å². The molecule has 0 unspecified atom stereocenters. The van der Waals surface area contributed by atoms with Gasteiger partial charge >= 0.3 is 0 Å². The quantitative estimate of drug-likeness (QED) is 0.769. The Hall–Kier alpha value is -1.13. The van der Waals surface area contributed by atoms with E-state index >= 15 is 0 Å². The van der Waals surface area contributed by atoms with Gasteiger partial charge in [-0.1, -0.05) is 0 Å². The minimum atomic E-state index is 1.02. The van der Waals surface area contributed by atoms with E-state index in [0.717, 1.165) is 38.1 Å². The normalized spacial score (nSPS) is 11.3. The average Bonchev–Trinajstić information content (AvgIpc) is 2.98. The van der Waals surface area contributed by atoms with Gasteiger partial charge in [0.15, 0.2) is 0 Å². The molecule has 2 aromatic rings. The third-order valence-electron chi connectivity index (χ3n) is 3.11. The Bertz CT molecular complexity index is 450. The van der Waals surface area contributed by atoms with Crippen molar-refractivity contribution in [2.24, 2.45) is 0 Å². The van der Waals surface area contributed by atoms with Crippen molar-refractivity contribution >= 4 is 11.3 Å². The molecule has 0 aliphatic rings. The zero-order valence-electron chi connectivity index (χ0n) is 11.1. The maximum absolute atomic E-state index is 5.32. The molecule has 0 N–H and O–H groups in total. The number of aryl methyl sites for hydroxylation is 2. The number of rotatable bonds is 7. The van der Waals surface area contributed by atoms with E-state index in [9.17, 15) is 0 Å². The largest absolute Gasteiger partial charge is 0.469 e. The van der Waals surface area contributed by atoms with Gasteiger partial charge in [-0.15, -0.1) is 11.3 Å². The fourth-order valence-electron chi connectivity index (χ4n) is 1.95. The topological polar surface area (TPSA) is 29.3 Å². The van der Waals surface area contributed by atoms with E-state index in [1.165, 1.54) is 10.6 Å². The van der Waals surface area contributed by atoms with Crippen LogP contribution in [0.15, 0.2) is 28.3 Å². The Morgan fingerprint density at radius 2 is 2.22 bits per heavy atom. The third-order valence-corrected chi connectivity index (χ3v) is 4.10. The average molecular weight is 264 g/mol. The first-order chi connectivity index (χ1) is 8.75. The summed E-state index contributed by atoms with van der Waals surface area (Å²) in [5, 5.41) is 0. The Morgan fingerprint density at radius 3 is 2.89 bits per heavy atom. The molecule has 0 atom stereocenters. The Balaban J connectivity index is 1.63. The molecule has 2 rings (SSSR count). The highest BCUT2D eigenvalue weighted by atomic mass is 32.1. The molecule has 4 heteroatoms. The fraction of sp³-hybridized carbons (Fsp3) is 0.500. The van der Waals surface area contributed by atoms with Gasteiger partial charge in [0.2, 0.25) is 0 Å². The highest BCUT2D eigenvalue weighted by Crippen LogP contribution is 2.13. The molecule has 3 nitrogen and oxygen atoms in total. The fourth-order valence-corrected chi connectivity index (χ4v) is 2.72. The number of likely N-dealkylation sites (N-methyl/N-ethyl adjacent to an activating group) is 1. The smallest absolute Gasteiger partial charge is 0.103 e. The molecule has 0 saturated carbocycles. The first kappa shape index (κ1) is 13.3. The van der Waals surface area contributed by atoms with Crippen molar-refractivity contribution in [1.82, 2.24) is 9.88 Å². The number of thiazole rings is 1. The lowest BCUT2D eigenvalue weighted by Gasteiger charge is -2.15. The van der Waals surface area contributed by atoms with Gasteiger partial charge in [-0.2, -0.15) is 0 Å². The summed E-state index contributed by atoms with van der Waals surface area (Å²) in [6.45, 7) is 4.29. The third kappa shape index (κ3) is 3.96. The first-order valence-electron chi connectivity index (χ1n) is 6.35. The van der Waals surface area contributed by atoms with E-state index in [2.05, 4.69) is 23.9 Å². The summed E-state index contributed by atoms with van der Waals surface area (Å²) in [5.41, 5.74) is 3.12. The van der Waals surface area contributed by atoms with Crippen LogP contribution in [0, 0.1) is 6.92 Å². The Labute approximate surface area is 112 Å². The van der Waals surface area contributed by atoms with E-state index in [1.807, 2.05) is 17.6 Å². The lowest BCUT2D eigenvalue weighted by atomic mass is 10.2. The van der Waals surface area contributed by atoms with E-state index in [1.54, 1.807) is 17.6 Å². The molecule has 0 aromatic carbocycles. The van der Waals surface area contributed by atoms with Crippen molar-refractivity contribution in [3.8, 4) is 0 Å². The van der Waals surface area contributed by atoms with Crippen LogP contribution in [0.2, 0.25) is 0 Å². The molecule has 2 heterocycles. The zero-order valence-corrected chi connectivity index (χ0v) is 11.9. The van der Waals surface area contributed by atoms with Gasteiger partial charge < -0.3 is 9.32 Å². The van der Waals surface area contributed by atoms with E-state index in [-0.39, 0.29) is 0 Å². The van der Waals surface area contributed by atoms with Crippen molar-refractivity contribution in [2.75, 3.05) is 20.1 Å². The van der Waals surface area contributed by atoms with Crippen LogP contribution in [0.25, 0.3) is 0 Å². The van der Waals surface area contributed by atoms with Crippen LogP contribution in [0.1, 0.15) is 22.8 Å². The van der Waals surface area contributed by atoms with Crippen molar-refractivity contribution in [2.45, 2.75) is 26.2 Å². The number of nitrogens with zero attached hydrogens (tertiary/aromatic N) is 2. The predicted molar refractivity (Wildman–Crippen MR) is 75.1 cm³/mol. The number of hydrogen-bond donors (Lipinski definition) is 0. The lowest BCUT2D eigenvalue weighted by molar-refractivity contribution is 0.329. The van der Waals surface area contributed by atoms with Gasteiger partial charge in [-0.3, -0.25) is 0 Å². The molecular formula is C14H20N2OS. The van der Waals surface area contributed by atoms with Gasteiger partial charge in [0.25, 0.3) is 0 Å². The maximum Gasteiger partial charge on any atom is 0.103 e. The molecule has 0 bridgehead atoms. The van der Waals surface area contributed by atoms with Crippen molar-refractivity contribution in [1.29, 1.82) is 0 Å². The van der Waals surface area contributed by atoms with Crippen molar-refractivity contribution in [3.05, 3.63) is 40.2 Å². The van der Waals surface area contributed by atoms with Crippen LogP contribution in [-0.4, -0.2) is 30.0 Å². The summed E-state index contributed by atoms with van der Waals surface area (Å²) in [4.78, 5) is 8.07. The van der Waals surface area contributed by atoms with Gasteiger partial charge in [0, 0.05) is 17.8 Å². The molecule has 2 aromatic heterocycles. The summed E-state index contributed by atoms with van der Waals surface area (Å²) in [7, 11) is 2.18. The van der Waals surface area contributed by atoms with Gasteiger partial charge in [-0.05, 0) is 45.5 Å². The molecule has 0 amide bonds. The van der Waals surface area contributed by atoms with Gasteiger partial charge in [0.1, 0.15) is 5.76 Å². The van der Waals surface area contributed by atoms with Gasteiger partial charge in [0.05, 0.1) is 17.5 Å². The summed E-state index contributed by atoms with van der Waals surface area (Å²) >= 11 is 1.76. The molecule has 0 aliphatic heterocycles. The second-order valence-electron chi connectivity index (χ2n) is 4.60.